The fraction of sp³-hybridized carbons (Fsp3) is 0.667. The highest BCUT2D eigenvalue weighted by Crippen LogP contribution is 2.48. The van der Waals surface area contributed by atoms with Crippen LogP contribution in [0.25, 0.3) is 0 Å². The Morgan fingerprint density at radius 2 is 1.41 bits per heavy atom. The molecule has 0 fully saturated rings. The Morgan fingerprint density at radius 3 is 1.86 bits per heavy atom. The van der Waals surface area contributed by atoms with E-state index in [-0.39, 0.29) is 23.7 Å². The lowest BCUT2D eigenvalue weighted by atomic mass is 9.90. The van der Waals surface area contributed by atoms with Crippen molar-refractivity contribution < 1.29 is 9.59 Å². The average Bonchev–Trinajstić information content (AvgIpc) is 3.05. The molecule has 2 aliphatic rings. The van der Waals surface area contributed by atoms with Gasteiger partial charge in [0.1, 0.15) is 0 Å². The van der Waals surface area contributed by atoms with Gasteiger partial charge in [-0.3, -0.25) is 9.59 Å². The average molecular weight is 304 g/mol. The molecule has 2 atom stereocenters. The Kier molecular flexibility index (Phi) is 5.09. The van der Waals surface area contributed by atoms with E-state index in [1.165, 1.54) is 5.57 Å². The monoisotopic (exact) mass is 304 g/mol. The predicted octanol–water partition coefficient (Wildman–Crippen LogP) is 2.62. The van der Waals surface area contributed by atoms with E-state index < -0.39 is 0 Å². The van der Waals surface area contributed by atoms with Crippen LogP contribution in [-0.2, 0) is 9.59 Å². The summed E-state index contributed by atoms with van der Waals surface area (Å²) < 4.78 is 0. The summed E-state index contributed by atoms with van der Waals surface area (Å²) in [6.07, 6.45) is 3.08. The van der Waals surface area contributed by atoms with Crippen molar-refractivity contribution in [1.29, 1.82) is 0 Å². The summed E-state index contributed by atoms with van der Waals surface area (Å²) in [6.45, 7) is 12.8. The first-order valence-electron chi connectivity index (χ1n) is 8.50. The molecule has 122 valence electrons. The van der Waals surface area contributed by atoms with Gasteiger partial charge in [0.05, 0.1) is 0 Å². The van der Waals surface area contributed by atoms with Crippen LogP contribution in [0, 0.1) is 11.8 Å². The number of likely N-dealkylation sites (N-methyl/N-ethyl adjacent to an activating group) is 2. The molecule has 0 aromatic rings. The van der Waals surface area contributed by atoms with Crippen molar-refractivity contribution in [2.24, 2.45) is 11.8 Å². The van der Waals surface area contributed by atoms with Crippen LogP contribution in [0.1, 0.15) is 41.0 Å². The molecule has 0 radical (unpaired) electrons. The zero-order chi connectivity index (χ0) is 16.4. The van der Waals surface area contributed by atoms with Gasteiger partial charge in [-0.05, 0) is 41.0 Å². The van der Waals surface area contributed by atoms with E-state index >= 15 is 0 Å². The van der Waals surface area contributed by atoms with E-state index in [4.69, 9.17) is 0 Å². The fourth-order valence-electron chi connectivity index (χ4n) is 3.78. The minimum atomic E-state index is 0.0526. The van der Waals surface area contributed by atoms with Crippen molar-refractivity contribution in [2.75, 3.05) is 26.2 Å². The molecule has 0 aliphatic heterocycles. The molecule has 4 heteroatoms. The second-order valence-electron chi connectivity index (χ2n) is 6.09. The maximum Gasteiger partial charge on any atom is 0.250 e. The third-order valence-corrected chi connectivity index (χ3v) is 5.07. The molecule has 0 aromatic carbocycles. The molecule has 2 aliphatic carbocycles. The molecule has 2 rings (SSSR count). The number of nitrogens with zero attached hydrogens (tertiary/aromatic N) is 2. The minimum absolute atomic E-state index is 0.0526. The predicted molar refractivity (Wildman–Crippen MR) is 88.2 cm³/mol. The number of allylic oxidation sites excluding steroid dienone is 2. The van der Waals surface area contributed by atoms with E-state index in [1.807, 2.05) is 37.5 Å². The van der Waals surface area contributed by atoms with Crippen LogP contribution in [0.2, 0.25) is 0 Å². The van der Waals surface area contributed by atoms with Crippen LogP contribution < -0.4 is 0 Å². The van der Waals surface area contributed by atoms with E-state index in [9.17, 15) is 9.59 Å². The molecule has 2 bridgehead atoms. The highest BCUT2D eigenvalue weighted by atomic mass is 16.2. The van der Waals surface area contributed by atoms with Gasteiger partial charge in [0.2, 0.25) is 0 Å². The van der Waals surface area contributed by atoms with Crippen LogP contribution >= 0.6 is 0 Å². The fourth-order valence-corrected chi connectivity index (χ4v) is 3.78. The first kappa shape index (κ1) is 16.8. The molecule has 0 heterocycles. The van der Waals surface area contributed by atoms with Crippen LogP contribution in [-0.4, -0.2) is 47.8 Å². The molecule has 2 unspecified atom stereocenters. The van der Waals surface area contributed by atoms with Crippen molar-refractivity contribution in [3.8, 4) is 0 Å². The zero-order valence-corrected chi connectivity index (χ0v) is 14.5. The van der Waals surface area contributed by atoms with Gasteiger partial charge in [0.25, 0.3) is 11.8 Å². The number of hydrogen-bond acceptors (Lipinski definition) is 2. The molecule has 22 heavy (non-hydrogen) atoms. The van der Waals surface area contributed by atoms with Crippen molar-refractivity contribution in [3.05, 3.63) is 22.8 Å². The Balaban J connectivity index is 2.43. The van der Waals surface area contributed by atoms with Gasteiger partial charge in [-0.1, -0.05) is 11.6 Å². The van der Waals surface area contributed by atoms with E-state index in [0.717, 1.165) is 17.6 Å². The van der Waals surface area contributed by atoms with Gasteiger partial charge in [-0.15, -0.1) is 0 Å². The Bertz CT molecular complexity index is 525. The number of carbonyl (C=O) groups is 2. The van der Waals surface area contributed by atoms with Gasteiger partial charge in [-0.2, -0.15) is 0 Å². The van der Waals surface area contributed by atoms with Gasteiger partial charge < -0.3 is 9.80 Å². The quantitative estimate of drug-likeness (QED) is 0.708. The summed E-state index contributed by atoms with van der Waals surface area (Å²) in [5.74, 6) is 0.387. The number of rotatable bonds is 6. The summed E-state index contributed by atoms with van der Waals surface area (Å²) in [4.78, 5) is 29.5. The molecule has 0 N–H and O–H groups in total. The first-order chi connectivity index (χ1) is 10.5. The molecule has 2 amide bonds. The van der Waals surface area contributed by atoms with E-state index in [0.29, 0.717) is 26.2 Å². The second-order valence-corrected chi connectivity index (χ2v) is 6.09. The largest absolute Gasteiger partial charge is 0.339 e. The molecule has 0 spiro atoms. The molecular weight excluding hydrogens is 276 g/mol. The maximum atomic E-state index is 12.9. The van der Waals surface area contributed by atoms with Gasteiger partial charge in [-0.25, -0.2) is 0 Å². The summed E-state index contributed by atoms with van der Waals surface area (Å²) in [5.41, 5.74) is 2.78. The number of hydrogen-bond donors (Lipinski definition) is 0. The van der Waals surface area contributed by atoms with E-state index in [2.05, 4.69) is 13.0 Å². The lowest BCUT2D eigenvalue weighted by Crippen LogP contribution is -2.37. The zero-order valence-electron chi connectivity index (χ0n) is 14.5. The van der Waals surface area contributed by atoms with Crippen molar-refractivity contribution in [1.82, 2.24) is 9.80 Å². The minimum Gasteiger partial charge on any atom is -0.339 e. The normalized spacial score (nSPS) is 22.9. The van der Waals surface area contributed by atoms with Gasteiger partial charge in [0.15, 0.2) is 0 Å². The van der Waals surface area contributed by atoms with Crippen LogP contribution in [0.15, 0.2) is 22.8 Å². The Morgan fingerprint density at radius 1 is 0.955 bits per heavy atom. The highest BCUT2D eigenvalue weighted by molar-refractivity contribution is 6.07. The van der Waals surface area contributed by atoms with Crippen molar-refractivity contribution >= 4 is 11.8 Å². The molecule has 0 aromatic heterocycles. The first-order valence-corrected chi connectivity index (χ1v) is 8.50. The smallest absolute Gasteiger partial charge is 0.250 e. The van der Waals surface area contributed by atoms with Crippen LogP contribution in [0.4, 0.5) is 0 Å². The van der Waals surface area contributed by atoms with Crippen molar-refractivity contribution in [3.63, 3.8) is 0 Å². The number of amides is 2. The molecule has 4 nitrogen and oxygen atoms in total. The lowest BCUT2D eigenvalue weighted by molar-refractivity contribution is -0.129. The Labute approximate surface area is 133 Å². The van der Waals surface area contributed by atoms with Crippen molar-refractivity contribution in [2.45, 2.75) is 41.0 Å². The molecular formula is C18H28N2O2. The third kappa shape index (κ3) is 2.59. The molecule has 0 saturated heterocycles. The van der Waals surface area contributed by atoms with Crippen LogP contribution in [0.5, 0.6) is 0 Å². The maximum absolute atomic E-state index is 12.9. The Hall–Kier alpha value is -1.58. The molecule has 0 saturated carbocycles. The standard InChI is InChI=1S/C18H28N2O2/c1-6-19(7-2)17(21)15-13-10-12(5)14(11-13)16(15)18(22)20(8-3)9-4/h10,13-14H,6-9,11H2,1-5H3. The third-order valence-electron chi connectivity index (χ3n) is 5.07. The topological polar surface area (TPSA) is 40.6 Å². The van der Waals surface area contributed by atoms with E-state index in [1.54, 1.807) is 0 Å². The van der Waals surface area contributed by atoms with Crippen LogP contribution in [0.3, 0.4) is 0 Å². The SMILES string of the molecule is CCN(CC)C(=O)C1=C(C(=O)N(CC)CC)C2CC1C=C2C. The summed E-state index contributed by atoms with van der Waals surface area (Å²) in [6, 6.07) is 0. The number of carbonyl (C=O) groups excluding carboxylic acids is 2. The lowest BCUT2D eigenvalue weighted by Gasteiger charge is -2.27. The summed E-state index contributed by atoms with van der Waals surface area (Å²) in [5, 5.41) is 0. The van der Waals surface area contributed by atoms with Gasteiger partial charge in [0, 0.05) is 49.2 Å². The number of fused-ring (bicyclic) bond motifs is 2. The summed E-state index contributed by atoms with van der Waals surface area (Å²) >= 11 is 0. The van der Waals surface area contributed by atoms with Gasteiger partial charge >= 0.3 is 0 Å². The second kappa shape index (κ2) is 6.67. The summed E-state index contributed by atoms with van der Waals surface area (Å²) in [7, 11) is 0. The highest BCUT2D eigenvalue weighted by Gasteiger charge is 2.45.